The van der Waals surface area contributed by atoms with Crippen LogP contribution in [-0.2, 0) is 11.2 Å². The molecule has 0 amide bonds. The van der Waals surface area contributed by atoms with Crippen molar-refractivity contribution >= 4 is 17.6 Å². The molecule has 100 valence electrons. The zero-order valence-electron chi connectivity index (χ0n) is 11.2. The first kappa shape index (κ1) is 14.8. The summed E-state index contributed by atoms with van der Waals surface area (Å²) in [6.07, 6.45) is 0.393. The van der Waals surface area contributed by atoms with Crippen LogP contribution in [0.4, 0.5) is 0 Å². The van der Waals surface area contributed by atoms with Gasteiger partial charge in [0.05, 0.1) is 12.5 Å². The molecular formula is C14H19ClO3. The largest absolute Gasteiger partial charge is 0.496 e. The van der Waals surface area contributed by atoms with Crippen LogP contribution in [0.15, 0.2) is 18.2 Å². The van der Waals surface area contributed by atoms with E-state index in [1.54, 1.807) is 32.2 Å². The van der Waals surface area contributed by atoms with Crippen molar-refractivity contribution in [2.24, 2.45) is 11.3 Å². The third-order valence-corrected chi connectivity index (χ3v) is 3.80. The van der Waals surface area contributed by atoms with E-state index >= 15 is 0 Å². The van der Waals surface area contributed by atoms with Crippen molar-refractivity contribution in [3.8, 4) is 5.75 Å². The van der Waals surface area contributed by atoms with E-state index in [4.69, 9.17) is 16.3 Å². The number of carbonyl (C=O) groups is 1. The highest BCUT2D eigenvalue weighted by atomic mass is 35.5. The van der Waals surface area contributed by atoms with Gasteiger partial charge in [-0.25, -0.2) is 0 Å². The number of ether oxygens (including phenoxy) is 1. The molecule has 4 heteroatoms. The maximum atomic E-state index is 11.5. The monoisotopic (exact) mass is 270 g/mol. The minimum absolute atomic E-state index is 0.0127. The number of halogens is 1. The van der Waals surface area contributed by atoms with E-state index in [1.807, 2.05) is 13.8 Å². The number of carboxylic acids is 1. The van der Waals surface area contributed by atoms with Gasteiger partial charge in [-0.3, -0.25) is 4.79 Å². The van der Waals surface area contributed by atoms with Gasteiger partial charge in [0.1, 0.15) is 5.75 Å². The molecule has 0 fully saturated rings. The highest BCUT2D eigenvalue weighted by Crippen LogP contribution is 2.35. The fourth-order valence-electron chi connectivity index (χ4n) is 1.81. The molecule has 0 aliphatic rings. The minimum Gasteiger partial charge on any atom is -0.496 e. The average molecular weight is 271 g/mol. The predicted octanol–water partition coefficient (Wildman–Crippen LogP) is 3.64. The zero-order valence-corrected chi connectivity index (χ0v) is 11.9. The summed E-state index contributed by atoms with van der Waals surface area (Å²) >= 11 is 5.96. The van der Waals surface area contributed by atoms with E-state index in [2.05, 4.69) is 0 Å². The molecule has 0 saturated carbocycles. The SMILES string of the molecule is COc1ccc(Cl)cc1CC(C)(C(=O)O)C(C)C. The number of rotatable bonds is 5. The number of hydrogen-bond acceptors (Lipinski definition) is 2. The van der Waals surface area contributed by atoms with Gasteiger partial charge in [0.25, 0.3) is 0 Å². The van der Waals surface area contributed by atoms with Crippen molar-refractivity contribution < 1.29 is 14.6 Å². The van der Waals surface area contributed by atoms with Crippen LogP contribution in [0.2, 0.25) is 5.02 Å². The summed E-state index contributed by atoms with van der Waals surface area (Å²) in [5.41, 5.74) is -0.0126. The number of benzene rings is 1. The number of carboxylic acid groups (broad SMARTS) is 1. The van der Waals surface area contributed by atoms with Crippen LogP contribution < -0.4 is 4.74 Å². The smallest absolute Gasteiger partial charge is 0.309 e. The summed E-state index contributed by atoms with van der Waals surface area (Å²) in [6, 6.07) is 5.27. The molecule has 3 nitrogen and oxygen atoms in total. The second-order valence-corrected chi connectivity index (χ2v) is 5.45. The lowest BCUT2D eigenvalue weighted by atomic mass is 9.74. The van der Waals surface area contributed by atoms with Crippen LogP contribution in [0.25, 0.3) is 0 Å². The van der Waals surface area contributed by atoms with Crippen LogP contribution in [0.1, 0.15) is 26.3 Å². The summed E-state index contributed by atoms with van der Waals surface area (Å²) in [5.74, 6) is -0.120. The summed E-state index contributed by atoms with van der Waals surface area (Å²) in [5, 5.41) is 10.0. The van der Waals surface area contributed by atoms with E-state index in [1.165, 1.54) is 0 Å². The maximum absolute atomic E-state index is 11.5. The van der Waals surface area contributed by atoms with Crippen molar-refractivity contribution in [1.29, 1.82) is 0 Å². The predicted molar refractivity (Wildman–Crippen MR) is 72.3 cm³/mol. The minimum atomic E-state index is -0.835. The number of aliphatic carboxylic acids is 1. The van der Waals surface area contributed by atoms with E-state index in [0.717, 1.165) is 5.56 Å². The van der Waals surface area contributed by atoms with Gasteiger partial charge in [-0.15, -0.1) is 0 Å². The topological polar surface area (TPSA) is 46.5 Å². The number of methoxy groups -OCH3 is 1. The lowest BCUT2D eigenvalue weighted by Crippen LogP contribution is -2.35. The third-order valence-electron chi connectivity index (χ3n) is 3.56. The van der Waals surface area contributed by atoms with Gasteiger partial charge >= 0.3 is 5.97 Å². The van der Waals surface area contributed by atoms with Crippen LogP contribution in [0.5, 0.6) is 5.75 Å². The lowest BCUT2D eigenvalue weighted by Gasteiger charge is -2.29. The molecule has 0 saturated heterocycles. The first-order chi connectivity index (χ1) is 8.31. The van der Waals surface area contributed by atoms with Crippen molar-refractivity contribution in [1.82, 2.24) is 0 Å². The Hall–Kier alpha value is -1.22. The molecule has 1 atom stereocenters. The van der Waals surface area contributed by atoms with Crippen molar-refractivity contribution in [3.63, 3.8) is 0 Å². The molecule has 18 heavy (non-hydrogen) atoms. The molecule has 0 aliphatic heterocycles. The van der Waals surface area contributed by atoms with E-state index in [-0.39, 0.29) is 5.92 Å². The van der Waals surface area contributed by atoms with Gasteiger partial charge < -0.3 is 9.84 Å². The van der Waals surface area contributed by atoms with Gasteiger partial charge in [0, 0.05) is 5.02 Å². The normalized spacial score (nSPS) is 14.3. The van der Waals surface area contributed by atoms with E-state index in [0.29, 0.717) is 17.2 Å². The highest BCUT2D eigenvalue weighted by Gasteiger charge is 2.37. The Morgan fingerprint density at radius 3 is 2.56 bits per heavy atom. The van der Waals surface area contributed by atoms with Crippen molar-refractivity contribution in [3.05, 3.63) is 28.8 Å². The fraction of sp³-hybridized carbons (Fsp3) is 0.500. The van der Waals surface area contributed by atoms with Crippen molar-refractivity contribution in [2.75, 3.05) is 7.11 Å². The second-order valence-electron chi connectivity index (χ2n) is 5.01. The van der Waals surface area contributed by atoms with Crippen LogP contribution in [0, 0.1) is 11.3 Å². The van der Waals surface area contributed by atoms with Crippen LogP contribution >= 0.6 is 11.6 Å². The molecule has 0 bridgehead atoms. The molecule has 0 radical (unpaired) electrons. The van der Waals surface area contributed by atoms with E-state index in [9.17, 15) is 9.90 Å². The van der Waals surface area contributed by atoms with Gasteiger partial charge in [-0.2, -0.15) is 0 Å². The lowest BCUT2D eigenvalue weighted by molar-refractivity contribution is -0.150. The Bertz CT molecular complexity index is 443. The zero-order chi connectivity index (χ0) is 13.9. The molecule has 0 heterocycles. The summed E-state index contributed by atoms with van der Waals surface area (Å²) in [4.78, 5) is 11.5. The van der Waals surface area contributed by atoms with Gasteiger partial charge in [-0.1, -0.05) is 25.4 Å². The average Bonchev–Trinajstić information content (AvgIpc) is 2.28. The Labute approximate surface area is 113 Å². The Morgan fingerprint density at radius 1 is 1.50 bits per heavy atom. The van der Waals surface area contributed by atoms with Gasteiger partial charge in [0.15, 0.2) is 0 Å². The van der Waals surface area contributed by atoms with Crippen molar-refractivity contribution in [2.45, 2.75) is 27.2 Å². The van der Waals surface area contributed by atoms with Crippen LogP contribution in [-0.4, -0.2) is 18.2 Å². The molecule has 1 aromatic carbocycles. The Morgan fingerprint density at radius 2 is 2.11 bits per heavy atom. The molecule has 1 N–H and O–H groups in total. The third kappa shape index (κ3) is 2.96. The molecule has 0 aromatic heterocycles. The molecule has 1 aromatic rings. The second kappa shape index (κ2) is 5.61. The number of hydrogen-bond donors (Lipinski definition) is 1. The quantitative estimate of drug-likeness (QED) is 0.889. The highest BCUT2D eigenvalue weighted by molar-refractivity contribution is 6.30. The molecule has 0 spiro atoms. The first-order valence-electron chi connectivity index (χ1n) is 5.87. The van der Waals surface area contributed by atoms with E-state index < -0.39 is 11.4 Å². The van der Waals surface area contributed by atoms with Crippen LogP contribution in [0.3, 0.4) is 0 Å². The standard InChI is InChI=1S/C14H19ClO3/c1-9(2)14(3,13(16)17)8-10-7-11(15)5-6-12(10)18-4/h5-7,9H,8H2,1-4H3,(H,16,17). The molecular weight excluding hydrogens is 252 g/mol. The summed E-state index contributed by atoms with van der Waals surface area (Å²) in [7, 11) is 1.57. The van der Waals surface area contributed by atoms with Gasteiger partial charge in [0.2, 0.25) is 0 Å². The summed E-state index contributed by atoms with van der Waals surface area (Å²) in [6.45, 7) is 5.57. The summed E-state index contributed by atoms with van der Waals surface area (Å²) < 4.78 is 5.25. The molecule has 0 aliphatic carbocycles. The first-order valence-corrected chi connectivity index (χ1v) is 6.25. The fourth-order valence-corrected chi connectivity index (χ4v) is 2.00. The maximum Gasteiger partial charge on any atom is 0.309 e. The van der Waals surface area contributed by atoms with Gasteiger partial charge in [-0.05, 0) is 43.0 Å². The molecule has 1 rings (SSSR count). The Balaban J connectivity index is 3.15. The molecule has 1 unspecified atom stereocenters. The Kier molecular flexibility index (Phi) is 4.63.